The fraction of sp³-hybridized carbons (Fsp3) is 0.652. The second-order valence-corrected chi connectivity index (χ2v) is 11.6. The summed E-state index contributed by atoms with van der Waals surface area (Å²) in [6.45, 7) is 3.93. The van der Waals surface area contributed by atoms with Crippen molar-refractivity contribution in [3.8, 4) is 0 Å². The molecule has 31 heavy (non-hydrogen) atoms. The van der Waals surface area contributed by atoms with Crippen molar-refractivity contribution < 1.29 is 18.0 Å². The number of amides is 2. The van der Waals surface area contributed by atoms with Gasteiger partial charge in [0.15, 0.2) is 0 Å². The number of nitrogens with one attached hydrogen (secondary N) is 1. The second kappa shape index (κ2) is 8.54. The van der Waals surface area contributed by atoms with Crippen LogP contribution in [0.25, 0.3) is 0 Å². The maximum absolute atomic E-state index is 13.1. The number of anilines is 1. The molecule has 1 aliphatic heterocycles. The third-order valence-corrected chi connectivity index (χ3v) is 8.76. The Labute approximate surface area is 185 Å². The zero-order chi connectivity index (χ0) is 22.3. The van der Waals surface area contributed by atoms with Crippen LogP contribution >= 0.6 is 0 Å². The summed E-state index contributed by atoms with van der Waals surface area (Å²) in [7, 11) is -2.36. The minimum Gasteiger partial charge on any atom is -0.352 e. The predicted molar refractivity (Wildman–Crippen MR) is 119 cm³/mol. The number of hydrogen-bond donors (Lipinski definition) is 1. The third-order valence-electron chi connectivity index (χ3n) is 6.96. The number of likely N-dealkylation sites (N-methyl/N-ethyl adjacent to an activating group) is 1. The van der Waals surface area contributed by atoms with Crippen molar-refractivity contribution in [3.63, 3.8) is 0 Å². The van der Waals surface area contributed by atoms with Crippen LogP contribution in [0.2, 0.25) is 0 Å². The van der Waals surface area contributed by atoms with Gasteiger partial charge in [-0.2, -0.15) is 4.31 Å². The van der Waals surface area contributed by atoms with Crippen LogP contribution in [0.5, 0.6) is 0 Å². The van der Waals surface area contributed by atoms with Gasteiger partial charge in [0, 0.05) is 30.7 Å². The second-order valence-electron chi connectivity index (χ2n) is 9.52. The quantitative estimate of drug-likeness (QED) is 0.726. The Morgan fingerprint density at radius 1 is 1.13 bits per heavy atom. The highest BCUT2D eigenvalue weighted by Gasteiger charge is 2.40. The Morgan fingerprint density at radius 3 is 2.52 bits per heavy atom. The van der Waals surface area contributed by atoms with E-state index in [1.54, 1.807) is 18.2 Å². The first-order valence-electron chi connectivity index (χ1n) is 11.4. The summed E-state index contributed by atoms with van der Waals surface area (Å²) in [5, 5.41) is 3.02. The van der Waals surface area contributed by atoms with Crippen molar-refractivity contribution in [3.05, 3.63) is 23.8 Å². The van der Waals surface area contributed by atoms with E-state index in [0.29, 0.717) is 12.3 Å². The average molecular weight is 448 g/mol. The van der Waals surface area contributed by atoms with Gasteiger partial charge in [-0.15, -0.1) is 0 Å². The molecule has 2 aliphatic carbocycles. The smallest absolute Gasteiger partial charge is 0.243 e. The average Bonchev–Trinajstić information content (AvgIpc) is 3.51. The molecule has 2 amide bonds. The monoisotopic (exact) mass is 447 g/mol. The largest absolute Gasteiger partial charge is 0.352 e. The topological polar surface area (TPSA) is 86.8 Å². The van der Waals surface area contributed by atoms with Crippen molar-refractivity contribution in [2.24, 2.45) is 11.8 Å². The minimum absolute atomic E-state index is 0.0297. The van der Waals surface area contributed by atoms with Gasteiger partial charge in [0.1, 0.15) is 0 Å². The molecule has 0 unspecified atom stereocenters. The van der Waals surface area contributed by atoms with Crippen molar-refractivity contribution >= 4 is 27.5 Å². The van der Waals surface area contributed by atoms with E-state index >= 15 is 0 Å². The molecule has 1 N–H and O–H groups in total. The zero-order valence-corrected chi connectivity index (χ0v) is 19.5. The van der Waals surface area contributed by atoms with E-state index in [9.17, 15) is 18.0 Å². The molecule has 4 rings (SSSR count). The summed E-state index contributed by atoms with van der Waals surface area (Å²) in [6.07, 6.45) is 6.84. The summed E-state index contributed by atoms with van der Waals surface area (Å²) < 4.78 is 27.3. The van der Waals surface area contributed by atoms with Crippen LogP contribution in [0.1, 0.15) is 57.9 Å². The van der Waals surface area contributed by atoms with E-state index in [2.05, 4.69) is 12.2 Å². The molecule has 0 saturated heterocycles. The lowest BCUT2D eigenvalue weighted by atomic mass is 9.86. The number of benzene rings is 1. The predicted octanol–water partition coefficient (Wildman–Crippen LogP) is 2.69. The molecule has 8 heteroatoms. The lowest BCUT2D eigenvalue weighted by Gasteiger charge is -2.30. The van der Waals surface area contributed by atoms with Gasteiger partial charge in [0.25, 0.3) is 0 Å². The molecular formula is C23H33N3O4S. The lowest BCUT2D eigenvalue weighted by molar-refractivity contribution is -0.122. The Morgan fingerprint density at radius 2 is 1.84 bits per heavy atom. The van der Waals surface area contributed by atoms with Crippen molar-refractivity contribution in [2.75, 3.05) is 18.5 Å². The Hall–Kier alpha value is -1.93. The summed E-state index contributed by atoms with van der Waals surface area (Å²) in [6, 6.07) is 5.11. The fourth-order valence-corrected chi connectivity index (χ4v) is 6.06. The van der Waals surface area contributed by atoms with E-state index < -0.39 is 10.0 Å². The Kier molecular flexibility index (Phi) is 6.14. The number of fused-ring (bicyclic) bond motifs is 1. The highest BCUT2D eigenvalue weighted by atomic mass is 32.2. The fourth-order valence-electron chi connectivity index (χ4n) is 4.88. The number of carbonyl (C=O) groups is 2. The van der Waals surface area contributed by atoms with Crippen molar-refractivity contribution in [1.82, 2.24) is 9.62 Å². The normalized spacial score (nSPS) is 26.1. The van der Waals surface area contributed by atoms with Gasteiger partial charge >= 0.3 is 0 Å². The SMILES string of the molecule is C[C@@H]1CCCC[C@H]1NC(=O)CN(C)S(=O)(=O)c1ccc2c(c1)C[C@H](C)N2C(=O)C1CC1. The maximum Gasteiger partial charge on any atom is 0.243 e. The minimum atomic E-state index is -3.80. The Balaban J connectivity index is 1.45. The molecule has 0 bridgehead atoms. The summed E-state index contributed by atoms with van der Waals surface area (Å²) in [4.78, 5) is 27.1. The summed E-state index contributed by atoms with van der Waals surface area (Å²) in [5.41, 5.74) is 1.69. The number of hydrogen-bond acceptors (Lipinski definition) is 4. The van der Waals surface area contributed by atoms with Crippen LogP contribution in [0.3, 0.4) is 0 Å². The molecule has 7 nitrogen and oxygen atoms in total. The molecule has 0 radical (unpaired) electrons. The van der Waals surface area contributed by atoms with Crippen molar-refractivity contribution in [2.45, 2.75) is 75.8 Å². The first-order chi connectivity index (χ1) is 14.7. The molecule has 0 aromatic heterocycles. The van der Waals surface area contributed by atoms with Gasteiger partial charge in [-0.05, 0) is 68.7 Å². The number of carbonyl (C=O) groups excluding carboxylic acids is 2. The van der Waals surface area contributed by atoms with Gasteiger partial charge in [0.2, 0.25) is 21.8 Å². The van der Waals surface area contributed by atoms with Crippen LogP contribution in [-0.2, 0) is 26.0 Å². The molecule has 2 saturated carbocycles. The number of nitrogens with zero attached hydrogens (tertiary/aromatic N) is 2. The van der Waals surface area contributed by atoms with E-state index in [4.69, 9.17) is 0 Å². The summed E-state index contributed by atoms with van der Waals surface area (Å²) in [5.74, 6) is 0.418. The molecule has 2 fully saturated rings. The van der Waals surface area contributed by atoms with Crippen LogP contribution in [0, 0.1) is 11.8 Å². The molecule has 3 atom stereocenters. The van der Waals surface area contributed by atoms with Crippen molar-refractivity contribution in [1.29, 1.82) is 0 Å². The van der Waals surface area contributed by atoms with Gasteiger partial charge in [-0.25, -0.2) is 8.42 Å². The summed E-state index contributed by atoms with van der Waals surface area (Å²) >= 11 is 0. The number of sulfonamides is 1. The Bertz CT molecular complexity index is 973. The molecule has 3 aliphatic rings. The molecule has 170 valence electrons. The van der Waals surface area contributed by atoms with Crippen LogP contribution in [0.15, 0.2) is 23.1 Å². The van der Waals surface area contributed by atoms with Gasteiger partial charge in [0.05, 0.1) is 11.4 Å². The maximum atomic E-state index is 13.1. The first-order valence-corrected chi connectivity index (χ1v) is 12.8. The molecule has 1 aromatic rings. The zero-order valence-electron chi connectivity index (χ0n) is 18.6. The first kappa shape index (κ1) is 22.3. The van der Waals surface area contributed by atoms with E-state index in [-0.39, 0.29) is 41.3 Å². The van der Waals surface area contributed by atoms with Crippen LogP contribution < -0.4 is 10.2 Å². The van der Waals surface area contributed by atoms with E-state index in [1.807, 2.05) is 11.8 Å². The van der Waals surface area contributed by atoms with E-state index in [0.717, 1.165) is 47.7 Å². The number of rotatable bonds is 6. The lowest BCUT2D eigenvalue weighted by Crippen LogP contribution is -2.46. The highest BCUT2D eigenvalue weighted by Crippen LogP contribution is 2.39. The van der Waals surface area contributed by atoms with Gasteiger partial charge < -0.3 is 10.2 Å². The molecule has 1 heterocycles. The van der Waals surface area contributed by atoms with E-state index in [1.165, 1.54) is 13.5 Å². The van der Waals surface area contributed by atoms with Crippen LogP contribution in [-0.4, -0.2) is 50.2 Å². The molecular weight excluding hydrogens is 414 g/mol. The molecule has 0 spiro atoms. The standard InChI is InChI=1S/C23H33N3O4S/c1-15-6-4-5-7-20(15)24-22(27)14-25(3)31(29,30)19-10-11-21-18(13-19)12-16(2)26(21)23(28)17-8-9-17/h10-11,13,15-17,20H,4-9,12,14H2,1-3H3,(H,24,27)/t15-,16+,20-/m1/s1. The van der Waals surface area contributed by atoms with Gasteiger partial charge in [-0.1, -0.05) is 19.8 Å². The highest BCUT2D eigenvalue weighted by molar-refractivity contribution is 7.89. The van der Waals surface area contributed by atoms with Crippen LogP contribution in [0.4, 0.5) is 5.69 Å². The van der Waals surface area contributed by atoms with Gasteiger partial charge in [-0.3, -0.25) is 9.59 Å². The third kappa shape index (κ3) is 4.51. The molecule has 1 aromatic carbocycles.